The number of ether oxygens (including phenoxy) is 1. The average Bonchev–Trinajstić information content (AvgIpc) is 2.87. The van der Waals surface area contributed by atoms with Crippen molar-refractivity contribution in [1.82, 2.24) is 5.01 Å². The van der Waals surface area contributed by atoms with Gasteiger partial charge in [-0.15, -0.1) is 0 Å². The van der Waals surface area contributed by atoms with E-state index in [-0.39, 0.29) is 17.8 Å². The Labute approximate surface area is 206 Å². The number of aryl methyl sites for hydroxylation is 1. The third kappa shape index (κ3) is 6.20. The van der Waals surface area contributed by atoms with Gasteiger partial charge >= 0.3 is 5.97 Å². The maximum atomic E-state index is 13.2. The first-order chi connectivity index (χ1) is 16.5. The number of hydrogen-bond acceptors (Lipinski definition) is 6. The number of thioether (sulfide) groups is 1. The minimum atomic E-state index is -0.133. The quantitative estimate of drug-likeness (QED) is 0.435. The Morgan fingerprint density at radius 2 is 1.91 bits per heavy atom. The second-order valence-electron chi connectivity index (χ2n) is 8.87. The molecule has 2 aromatic carbocycles. The molecule has 0 bridgehead atoms. The van der Waals surface area contributed by atoms with Gasteiger partial charge in [0.15, 0.2) is 0 Å². The number of benzene rings is 2. The standard InChI is InChI=1S/C27H33N3O3S/c1-3-33-26(31)17-21-4-7-22-8-9-23(18-24(22)16-21)27(32)29(2)25-10-5-20(6-11-25)19-28-30-12-14-34-15-13-30/h5-6,8-11,18-19,21H,3-4,7,12-17H2,1-2H3. The molecule has 7 heteroatoms. The number of hydrogen-bond donors (Lipinski definition) is 0. The van der Waals surface area contributed by atoms with E-state index in [1.54, 1.807) is 11.9 Å². The van der Waals surface area contributed by atoms with Crippen LogP contribution in [-0.2, 0) is 22.4 Å². The van der Waals surface area contributed by atoms with Crippen molar-refractivity contribution in [3.05, 3.63) is 64.7 Å². The normalized spacial score (nSPS) is 17.9. The van der Waals surface area contributed by atoms with Crippen LogP contribution in [0.25, 0.3) is 0 Å². The van der Waals surface area contributed by atoms with Crippen LogP contribution in [0.2, 0.25) is 0 Å². The molecule has 4 rings (SSSR count). The zero-order valence-corrected chi connectivity index (χ0v) is 20.9. The monoisotopic (exact) mass is 479 g/mol. The van der Waals surface area contributed by atoms with Crippen LogP contribution < -0.4 is 4.90 Å². The largest absolute Gasteiger partial charge is 0.466 e. The highest BCUT2D eigenvalue weighted by molar-refractivity contribution is 7.99. The maximum Gasteiger partial charge on any atom is 0.306 e. The van der Waals surface area contributed by atoms with Crippen LogP contribution in [0, 0.1) is 5.92 Å². The van der Waals surface area contributed by atoms with Crippen molar-refractivity contribution in [2.75, 3.05) is 43.1 Å². The average molecular weight is 480 g/mol. The minimum Gasteiger partial charge on any atom is -0.466 e. The third-order valence-electron chi connectivity index (χ3n) is 6.49. The lowest BCUT2D eigenvalue weighted by atomic mass is 9.81. The van der Waals surface area contributed by atoms with Crippen LogP contribution in [0.1, 0.15) is 46.8 Å². The van der Waals surface area contributed by atoms with Gasteiger partial charge in [0.25, 0.3) is 5.91 Å². The molecule has 180 valence electrons. The maximum absolute atomic E-state index is 13.2. The molecular formula is C27H33N3O3S. The fraction of sp³-hybridized carbons (Fsp3) is 0.444. The molecule has 1 aliphatic heterocycles. The molecule has 0 spiro atoms. The molecule has 1 heterocycles. The summed E-state index contributed by atoms with van der Waals surface area (Å²) >= 11 is 1.97. The molecule has 1 amide bonds. The van der Waals surface area contributed by atoms with Gasteiger partial charge in [0, 0.05) is 49.3 Å². The van der Waals surface area contributed by atoms with Crippen LogP contribution in [0.4, 0.5) is 5.69 Å². The Bertz CT molecular complexity index is 1030. The molecule has 34 heavy (non-hydrogen) atoms. The number of esters is 1. The first kappa shape index (κ1) is 24.3. The zero-order chi connectivity index (χ0) is 23.9. The van der Waals surface area contributed by atoms with Gasteiger partial charge in [0.1, 0.15) is 0 Å². The molecule has 0 N–H and O–H groups in total. The highest BCUT2D eigenvalue weighted by Crippen LogP contribution is 2.29. The summed E-state index contributed by atoms with van der Waals surface area (Å²) in [5, 5.41) is 6.68. The molecule has 0 radical (unpaired) electrons. The summed E-state index contributed by atoms with van der Waals surface area (Å²) < 4.78 is 5.12. The lowest BCUT2D eigenvalue weighted by Gasteiger charge is -2.25. The zero-order valence-electron chi connectivity index (χ0n) is 20.0. The summed E-state index contributed by atoms with van der Waals surface area (Å²) in [4.78, 5) is 26.8. The Kier molecular flexibility index (Phi) is 8.27. The lowest BCUT2D eigenvalue weighted by molar-refractivity contribution is -0.144. The van der Waals surface area contributed by atoms with E-state index in [0.717, 1.165) is 55.1 Å². The second-order valence-corrected chi connectivity index (χ2v) is 10.1. The molecule has 0 saturated carbocycles. The van der Waals surface area contributed by atoms with Gasteiger partial charge in [-0.25, -0.2) is 0 Å². The summed E-state index contributed by atoms with van der Waals surface area (Å²) in [5.41, 5.74) is 4.98. The second kappa shape index (κ2) is 11.6. The van der Waals surface area contributed by atoms with E-state index in [2.05, 4.69) is 16.2 Å². The summed E-state index contributed by atoms with van der Waals surface area (Å²) in [6.07, 6.45) is 5.05. The number of anilines is 1. The minimum absolute atomic E-state index is 0.0393. The van der Waals surface area contributed by atoms with Crippen LogP contribution in [0.5, 0.6) is 0 Å². The van der Waals surface area contributed by atoms with Crippen molar-refractivity contribution in [1.29, 1.82) is 0 Å². The molecular weight excluding hydrogens is 446 g/mol. The van der Waals surface area contributed by atoms with Crippen LogP contribution in [-0.4, -0.2) is 61.3 Å². The molecule has 1 atom stereocenters. The fourth-order valence-electron chi connectivity index (χ4n) is 4.51. The van der Waals surface area contributed by atoms with E-state index in [0.29, 0.717) is 18.6 Å². The number of fused-ring (bicyclic) bond motifs is 1. The first-order valence-corrected chi connectivity index (χ1v) is 13.2. The SMILES string of the molecule is CCOC(=O)CC1CCc2ccc(C(=O)N(C)c3ccc(C=NN4CCSCC4)cc3)cc2C1. The third-order valence-corrected chi connectivity index (χ3v) is 7.43. The Morgan fingerprint density at radius 1 is 1.15 bits per heavy atom. The number of carbonyl (C=O) groups excluding carboxylic acids is 2. The van der Waals surface area contributed by atoms with E-state index in [9.17, 15) is 9.59 Å². The van der Waals surface area contributed by atoms with E-state index in [4.69, 9.17) is 4.74 Å². The van der Waals surface area contributed by atoms with Crippen LogP contribution >= 0.6 is 11.8 Å². The summed E-state index contributed by atoms with van der Waals surface area (Å²) in [6, 6.07) is 13.9. The highest BCUT2D eigenvalue weighted by Gasteiger charge is 2.23. The van der Waals surface area contributed by atoms with Gasteiger partial charge in [-0.3, -0.25) is 14.6 Å². The van der Waals surface area contributed by atoms with Crippen LogP contribution in [0.15, 0.2) is 47.6 Å². The molecule has 6 nitrogen and oxygen atoms in total. The van der Waals surface area contributed by atoms with Crippen molar-refractivity contribution in [3.63, 3.8) is 0 Å². The fourth-order valence-corrected chi connectivity index (χ4v) is 5.39. The Hall–Kier alpha value is -2.80. The molecule has 2 aliphatic rings. The van der Waals surface area contributed by atoms with Crippen molar-refractivity contribution in [3.8, 4) is 0 Å². The predicted octanol–water partition coefficient (Wildman–Crippen LogP) is 4.40. The summed E-state index contributed by atoms with van der Waals surface area (Å²) in [7, 11) is 1.81. The van der Waals surface area contributed by atoms with Crippen LogP contribution in [0.3, 0.4) is 0 Å². The van der Waals surface area contributed by atoms with E-state index in [1.165, 1.54) is 11.1 Å². The van der Waals surface area contributed by atoms with Gasteiger partial charge in [-0.2, -0.15) is 16.9 Å². The number of nitrogens with zero attached hydrogens (tertiary/aromatic N) is 3. The molecule has 1 fully saturated rings. The van der Waals surface area contributed by atoms with E-state index in [1.807, 2.05) is 61.3 Å². The number of hydrazone groups is 1. The summed E-state index contributed by atoms with van der Waals surface area (Å²) in [6.45, 7) is 4.22. The lowest BCUT2D eigenvalue weighted by Crippen LogP contribution is -2.28. The van der Waals surface area contributed by atoms with Gasteiger partial charge in [-0.1, -0.05) is 18.2 Å². The molecule has 2 aromatic rings. The van der Waals surface area contributed by atoms with Gasteiger partial charge in [0.05, 0.1) is 12.8 Å². The first-order valence-electron chi connectivity index (χ1n) is 12.1. The van der Waals surface area contributed by atoms with Gasteiger partial charge in [-0.05, 0) is 73.1 Å². The number of carbonyl (C=O) groups is 2. The highest BCUT2D eigenvalue weighted by atomic mass is 32.2. The van der Waals surface area contributed by atoms with Crippen molar-refractivity contribution < 1.29 is 14.3 Å². The molecule has 1 unspecified atom stereocenters. The Morgan fingerprint density at radius 3 is 2.65 bits per heavy atom. The van der Waals surface area contributed by atoms with Crippen molar-refractivity contribution >= 4 is 35.5 Å². The topological polar surface area (TPSA) is 62.2 Å². The summed E-state index contributed by atoms with van der Waals surface area (Å²) in [5.74, 6) is 2.34. The van der Waals surface area contributed by atoms with Crippen molar-refractivity contribution in [2.45, 2.75) is 32.6 Å². The molecule has 1 aliphatic carbocycles. The van der Waals surface area contributed by atoms with Gasteiger partial charge < -0.3 is 9.64 Å². The Balaban J connectivity index is 1.39. The smallest absolute Gasteiger partial charge is 0.306 e. The molecule has 1 saturated heterocycles. The van der Waals surface area contributed by atoms with E-state index < -0.39 is 0 Å². The van der Waals surface area contributed by atoms with E-state index >= 15 is 0 Å². The number of rotatable bonds is 7. The molecule has 0 aromatic heterocycles. The van der Waals surface area contributed by atoms with Crippen molar-refractivity contribution in [2.24, 2.45) is 11.0 Å². The predicted molar refractivity (Wildman–Crippen MR) is 139 cm³/mol. The number of amides is 1. The van der Waals surface area contributed by atoms with Gasteiger partial charge in [0.2, 0.25) is 0 Å².